The van der Waals surface area contributed by atoms with Crippen LogP contribution in [0.4, 0.5) is 0 Å². The summed E-state index contributed by atoms with van der Waals surface area (Å²) in [4.78, 5) is 15.1. The van der Waals surface area contributed by atoms with Crippen molar-refractivity contribution in [3.8, 4) is 0 Å². The molecule has 1 fully saturated rings. The molecule has 0 bridgehead atoms. The number of aromatic nitrogens is 4. The van der Waals surface area contributed by atoms with Crippen LogP contribution in [0.2, 0.25) is 0 Å². The van der Waals surface area contributed by atoms with Gasteiger partial charge >= 0.3 is 5.97 Å². The van der Waals surface area contributed by atoms with E-state index in [2.05, 4.69) is 15.2 Å². The summed E-state index contributed by atoms with van der Waals surface area (Å²) in [6, 6.07) is 0. The molecule has 0 radical (unpaired) electrons. The topological polar surface area (TPSA) is 80.4 Å². The smallest absolute Gasteiger partial charge is 0.303 e. The second kappa shape index (κ2) is 4.24. The molecule has 6 nitrogen and oxygen atoms in total. The van der Waals surface area contributed by atoms with Crippen LogP contribution in [-0.4, -0.2) is 36.4 Å². The van der Waals surface area contributed by atoms with E-state index in [1.807, 2.05) is 4.40 Å². The molecule has 0 spiro atoms. The Balaban J connectivity index is 1.74. The predicted octanol–water partition coefficient (Wildman–Crippen LogP) is 1.47. The number of carbonyl (C=O) groups is 1. The van der Waals surface area contributed by atoms with Crippen LogP contribution >= 0.6 is 11.8 Å². The first-order valence-corrected chi connectivity index (χ1v) is 6.66. The lowest BCUT2D eigenvalue weighted by Crippen LogP contribution is -2.11. The van der Waals surface area contributed by atoms with Crippen molar-refractivity contribution in [2.75, 3.05) is 5.75 Å². The Morgan fingerprint density at radius 2 is 2.39 bits per heavy atom. The van der Waals surface area contributed by atoms with Crippen LogP contribution in [0.15, 0.2) is 23.7 Å². The number of thioether (sulfide) groups is 1. The van der Waals surface area contributed by atoms with Crippen molar-refractivity contribution in [1.82, 2.24) is 19.6 Å². The third-order valence-corrected chi connectivity index (χ3v) is 4.50. The van der Waals surface area contributed by atoms with E-state index in [1.54, 1.807) is 30.5 Å². The highest BCUT2D eigenvalue weighted by Crippen LogP contribution is 2.51. The number of rotatable bonds is 5. The first-order chi connectivity index (χ1) is 8.69. The third-order valence-electron chi connectivity index (χ3n) is 3.18. The van der Waals surface area contributed by atoms with Crippen molar-refractivity contribution < 1.29 is 9.90 Å². The fourth-order valence-electron chi connectivity index (χ4n) is 1.93. The Labute approximate surface area is 107 Å². The molecule has 94 valence electrons. The zero-order valence-electron chi connectivity index (χ0n) is 9.61. The van der Waals surface area contributed by atoms with Gasteiger partial charge in [0.2, 0.25) is 0 Å². The van der Waals surface area contributed by atoms with Gasteiger partial charge in [-0.05, 0) is 18.3 Å². The van der Waals surface area contributed by atoms with E-state index in [0.717, 1.165) is 29.3 Å². The summed E-state index contributed by atoms with van der Waals surface area (Å²) in [5.41, 5.74) is 0.694. The fraction of sp³-hybridized carbons (Fsp3) is 0.455. The standard InChI is InChI=1S/C11H12N4O2S/c16-8(17)5-11(1-2-11)6-18-10-9-14-13-7-15(9)4-3-12-10/h3-4,7H,1-2,5-6H2,(H,16,17). The summed E-state index contributed by atoms with van der Waals surface area (Å²) in [6.07, 6.45) is 7.35. The summed E-state index contributed by atoms with van der Waals surface area (Å²) in [7, 11) is 0. The van der Waals surface area contributed by atoms with Crippen LogP contribution < -0.4 is 0 Å². The van der Waals surface area contributed by atoms with E-state index in [1.165, 1.54) is 0 Å². The van der Waals surface area contributed by atoms with Gasteiger partial charge in [-0.25, -0.2) is 4.98 Å². The molecule has 1 aliphatic carbocycles. The first-order valence-electron chi connectivity index (χ1n) is 5.68. The van der Waals surface area contributed by atoms with Gasteiger partial charge in [0.25, 0.3) is 0 Å². The van der Waals surface area contributed by atoms with Crippen molar-refractivity contribution in [3.63, 3.8) is 0 Å². The quantitative estimate of drug-likeness (QED) is 0.824. The second-order valence-corrected chi connectivity index (χ2v) is 5.62. The SMILES string of the molecule is O=C(O)CC1(CSc2nccn3cnnc23)CC1. The number of aliphatic carboxylic acids is 1. The number of fused-ring (bicyclic) bond motifs is 1. The lowest BCUT2D eigenvalue weighted by Gasteiger charge is -2.11. The Morgan fingerprint density at radius 1 is 1.56 bits per heavy atom. The van der Waals surface area contributed by atoms with Crippen LogP contribution in [0, 0.1) is 5.41 Å². The highest BCUT2D eigenvalue weighted by molar-refractivity contribution is 7.99. The minimum absolute atomic E-state index is 0.0367. The molecule has 0 unspecified atom stereocenters. The first kappa shape index (κ1) is 11.5. The number of hydrogen-bond donors (Lipinski definition) is 1. The molecule has 18 heavy (non-hydrogen) atoms. The maximum atomic E-state index is 10.8. The average molecular weight is 264 g/mol. The Kier molecular flexibility index (Phi) is 2.70. The van der Waals surface area contributed by atoms with Crippen molar-refractivity contribution in [2.45, 2.75) is 24.3 Å². The van der Waals surface area contributed by atoms with Gasteiger partial charge in [0, 0.05) is 18.1 Å². The van der Waals surface area contributed by atoms with Gasteiger partial charge in [-0.15, -0.1) is 22.0 Å². The molecule has 0 amide bonds. The molecule has 2 heterocycles. The van der Waals surface area contributed by atoms with Gasteiger partial charge in [-0.2, -0.15) is 0 Å². The van der Waals surface area contributed by atoms with E-state index < -0.39 is 5.97 Å². The van der Waals surface area contributed by atoms with E-state index >= 15 is 0 Å². The lowest BCUT2D eigenvalue weighted by molar-refractivity contribution is -0.138. The number of carboxylic acids is 1. The molecule has 0 saturated heterocycles. The highest BCUT2D eigenvalue weighted by Gasteiger charge is 2.44. The van der Waals surface area contributed by atoms with Crippen LogP contribution in [0.5, 0.6) is 0 Å². The summed E-state index contributed by atoms with van der Waals surface area (Å²) < 4.78 is 1.81. The Morgan fingerprint density at radius 3 is 3.11 bits per heavy atom. The molecular formula is C11H12N4O2S. The number of hydrogen-bond acceptors (Lipinski definition) is 5. The van der Waals surface area contributed by atoms with Gasteiger partial charge in [-0.1, -0.05) is 0 Å². The minimum Gasteiger partial charge on any atom is -0.481 e. The van der Waals surface area contributed by atoms with Gasteiger partial charge in [-0.3, -0.25) is 9.20 Å². The van der Waals surface area contributed by atoms with Crippen LogP contribution in [0.3, 0.4) is 0 Å². The average Bonchev–Trinajstić information content (AvgIpc) is 2.91. The Bertz CT molecular complexity index is 593. The monoisotopic (exact) mass is 264 g/mol. The van der Waals surface area contributed by atoms with Crippen molar-refractivity contribution in [1.29, 1.82) is 0 Å². The fourth-order valence-corrected chi connectivity index (χ4v) is 3.17. The van der Waals surface area contributed by atoms with Crippen molar-refractivity contribution in [2.24, 2.45) is 5.41 Å². The zero-order chi connectivity index (χ0) is 12.6. The zero-order valence-corrected chi connectivity index (χ0v) is 10.4. The van der Waals surface area contributed by atoms with Gasteiger partial charge in [0.15, 0.2) is 5.65 Å². The molecule has 1 N–H and O–H groups in total. The molecule has 0 atom stereocenters. The molecule has 0 aliphatic heterocycles. The minimum atomic E-state index is -0.721. The maximum Gasteiger partial charge on any atom is 0.303 e. The van der Waals surface area contributed by atoms with Gasteiger partial charge in [0.1, 0.15) is 11.4 Å². The largest absolute Gasteiger partial charge is 0.481 e. The van der Waals surface area contributed by atoms with E-state index in [0.29, 0.717) is 0 Å². The van der Waals surface area contributed by atoms with Crippen molar-refractivity contribution in [3.05, 3.63) is 18.7 Å². The van der Waals surface area contributed by atoms with Crippen molar-refractivity contribution >= 4 is 23.4 Å². The van der Waals surface area contributed by atoms with Gasteiger partial charge in [0.05, 0.1) is 6.42 Å². The molecule has 7 heteroatoms. The molecule has 1 aliphatic rings. The summed E-state index contributed by atoms with van der Waals surface area (Å²) >= 11 is 1.57. The molecule has 1 saturated carbocycles. The maximum absolute atomic E-state index is 10.8. The predicted molar refractivity (Wildman–Crippen MR) is 65.4 cm³/mol. The number of carboxylic acid groups (broad SMARTS) is 1. The van der Waals surface area contributed by atoms with E-state index in [-0.39, 0.29) is 11.8 Å². The second-order valence-electron chi connectivity index (χ2n) is 4.65. The van der Waals surface area contributed by atoms with Crippen LogP contribution in [0.1, 0.15) is 19.3 Å². The molecule has 3 rings (SSSR count). The Hall–Kier alpha value is -1.63. The lowest BCUT2D eigenvalue weighted by atomic mass is 10.1. The third kappa shape index (κ3) is 2.17. The van der Waals surface area contributed by atoms with Crippen LogP contribution in [0.25, 0.3) is 5.65 Å². The molecule has 2 aromatic rings. The molecular weight excluding hydrogens is 252 g/mol. The summed E-state index contributed by atoms with van der Waals surface area (Å²) in [5.74, 6) is 0.0560. The van der Waals surface area contributed by atoms with E-state index in [9.17, 15) is 4.79 Å². The number of nitrogens with zero attached hydrogens (tertiary/aromatic N) is 4. The molecule has 0 aromatic carbocycles. The molecule has 2 aromatic heterocycles. The summed E-state index contributed by atoms with van der Waals surface area (Å²) in [5, 5.41) is 17.5. The summed E-state index contributed by atoms with van der Waals surface area (Å²) in [6.45, 7) is 0. The highest BCUT2D eigenvalue weighted by atomic mass is 32.2. The normalized spacial score (nSPS) is 16.9. The van der Waals surface area contributed by atoms with E-state index in [4.69, 9.17) is 5.11 Å². The van der Waals surface area contributed by atoms with Crippen LogP contribution in [-0.2, 0) is 4.79 Å². The van der Waals surface area contributed by atoms with Gasteiger partial charge < -0.3 is 5.11 Å².